The summed E-state index contributed by atoms with van der Waals surface area (Å²) in [5.41, 5.74) is 1.76. The Morgan fingerprint density at radius 2 is 1.66 bits per heavy atom. The van der Waals surface area contributed by atoms with E-state index in [4.69, 9.17) is 9.15 Å². The van der Waals surface area contributed by atoms with Gasteiger partial charge in [0.15, 0.2) is 11.5 Å². The highest BCUT2D eigenvalue weighted by Crippen LogP contribution is 2.42. The van der Waals surface area contributed by atoms with Gasteiger partial charge in [0, 0.05) is 11.1 Å². The normalized spacial score (nSPS) is 16.1. The van der Waals surface area contributed by atoms with E-state index in [1.54, 1.807) is 67.8 Å². The van der Waals surface area contributed by atoms with Crippen molar-refractivity contribution in [2.45, 2.75) is 6.04 Å². The zero-order valence-electron chi connectivity index (χ0n) is 17.2. The number of methoxy groups -OCH3 is 1. The predicted molar refractivity (Wildman–Crippen MR) is 120 cm³/mol. The van der Waals surface area contributed by atoms with E-state index in [1.165, 1.54) is 4.90 Å². The number of benzene rings is 3. The SMILES string of the molecule is COc1ccc(C2C(C(=O)c3cc4ccccc4o3)=C(O)C(=O)N2c2ccccc2)cc1. The number of nitrogens with zero attached hydrogens (tertiary/aromatic N) is 1. The molecular formula is C26H19NO5. The number of aliphatic hydroxyl groups is 1. The van der Waals surface area contributed by atoms with Crippen LogP contribution in [0.3, 0.4) is 0 Å². The number of carbonyl (C=O) groups is 2. The number of anilines is 1. The van der Waals surface area contributed by atoms with Gasteiger partial charge in [-0.25, -0.2) is 0 Å². The van der Waals surface area contributed by atoms with E-state index < -0.39 is 23.5 Å². The van der Waals surface area contributed by atoms with E-state index in [2.05, 4.69) is 0 Å². The number of rotatable bonds is 5. The predicted octanol–water partition coefficient (Wildman–Crippen LogP) is 5.22. The van der Waals surface area contributed by atoms with Crippen LogP contribution in [0, 0.1) is 0 Å². The average Bonchev–Trinajstić information content (AvgIpc) is 3.38. The summed E-state index contributed by atoms with van der Waals surface area (Å²) in [5.74, 6) is -1.06. The van der Waals surface area contributed by atoms with E-state index >= 15 is 0 Å². The lowest BCUT2D eigenvalue weighted by molar-refractivity contribution is -0.117. The van der Waals surface area contributed by atoms with Crippen molar-refractivity contribution in [1.82, 2.24) is 0 Å². The number of hydrogen-bond acceptors (Lipinski definition) is 5. The summed E-state index contributed by atoms with van der Waals surface area (Å²) >= 11 is 0. The van der Waals surface area contributed by atoms with Crippen LogP contribution < -0.4 is 9.64 Å². The number of carbonyl (C=O) groups excluding carboxylic acids is 2. The Labute approximate surface area is 184 Å². The molecule has 0 fully saturated rings. The Kier molecular flexibility index (Phi) is 4.75. The number of furan rings is 1. The number of ether oxygens (including phenoxy) is 1. The molecule has 1 N–H and O–H groups in total. The highest BCUT2D eigenvalue weighted by atomic mass is 16.5. The molecule has 6 nitrogen and oxygen atoms in total. The number of aliphatic hydroxyl groups excluding tert-OH is 1. The van der Waals surface area contributed by atoms with Crippen LogP contribution in [0.4, 0.5) is 5.69 Å². The molecular weight excluding hydrogens is 406 g/mol. The summed E-state index contributed by atoms with van der Waals surface area (Å²) in [7, 11) is 1.56. The molecule has 32 heavy (non-hydrogen) atoms. The summed E-state index contributed by atoms with van der Waals surface area (Å²) in [6.45, 7) is 0. The third-order valence-corrected chi connectivity index (χ3v) is 5.57. The molecule has 1 aliphatic heterocycles. The van der Waals surface area contributed by atoms with Crippen LogP contribution in [0.25, 0.3) is 11.0 Å². The quantitative estimate of drug-likeness (QED) is 0.443. The second kappa shape index (κ2) is 7.74. The van der Waals surface area contributed by atoms with Crippen molar-refractivity contribution < 1.29 is 23.8 Å². The Bertz CT molecular complexity index is 1320. The summed E-state index contributed by atoms with van der Waals surface area (Å²) in [6, 6.07) is 24.1. The van der Waals surface area contributed by atoms with Crippen LogP contribution in [0.5, 0.6) is 5.75 Å². The number of para-hydroxylation sites is 2. The molecule has 1 unspecified atom stereocenters. The molecule has 4 aromatic rings. The largest absolute Gasteiger partial charge is 0.503 e. The van der Waals surface area contributed by atoms with Gasteiger partial charge in [0.2, 0.25) is 5.78 Å². The third-order valence-electron chi connectivity index (χ3n) is 5.57. The minimum absolute atomic E-state index is 0.0249. The molecule has 158 valence electrons. The van der Waals surface area contributed by atoms with Gasteiger partial charge in [-0.05, 0) is 42.0 Å². The van der Waals surface area contributed by atoms with E-state index in [9.17, 15) is 14.7 Å². The van der Waals surface area contributed by atoms with Gasteiger partial charge < -0.3 is 14.3 Å². The minimum Gasteiger partial charge on any atom is -0.503 e. The van der Waals surface area contributed by atoms with Gasteiger partial charge in [-0.1, -0.05) is 48.5 Å². The Balaban J connectivity index is 1.65. The molecule has 2 heterocycles. The fourth-order valence-electron chi connectivity index (χ4n) is 4.02. The summed E-state index contributed by atoms with van der Waals surface area (Å²) < 4.78 is 11.0. The van der Waals surface area contributed by atoms with Crippen molar-refractivity contribution >= 4 is 28.3 Å². The van der Waals surface area contributed by atoms with Gasteiger partial charge in [-0.15, -0.1) is 0 Å². The number of ketones is 1. The summed E-state index contributed by atoms with van der Waals surface area (Å²) in [5, 5.41) is 11.6. The first-order chi connectivity index (χ1) is 15.6. The number of fused-ring (bicyclic) bond motifs is 1. The van der Waals surface area contributed by atoms with Crippen LogP contribution in [0.2, 0.25) is 0 Å². The van der Waals surface area contributed by atoms with Crippen molar-refractivity contribution in [3.05, 3.63) is 108 Å². The first kappa shape index (κ1) is 19.6. The lowest BCUT2D eigenvalue weighted by Gasteiger charge is -2.26. The van der Waals surface area contributed by atoms with Crippen molar-refractivity contribution in [2.75, 3.05) is 12.0 Å². The minimum atomic E-state index is -0.823. The first-order valence-electron chi connectivity index (χ1n) is 10.1. The first-order valence-corrected chi connectivity index (χ1v) is 10.1. The molecule has 0 saturated heterocycles. The fraction of sp³-hybridized carbons (Fsp3) is 0.0769. The highest BCUT2D eigenvalue weighted by Gasteiger charge is 2.45. The molecule has 1 aromatic heterocycles. The average molecular weight is 425 g/mol. The molecule has 0 bridgehead atoms. The van der Waals surface area contributed by atoms with E-state index in [1.807, 2.05) is 24.3 Å². The number of hydrogen-bond donors (Lipinski definition) is 1. The zero-order chi connectivity index (χ0) is 22.2. The molecule has 0 radical (unpaired) electrons. The number of amides is 1. The van der Waals surface area contributed by atoms with Gasteiger partial charge in [-0.2, -0.15) is 0 Å². The van der Waals surface area contributed by atoms with Gasteiger partial charge in [-0.3, -0.25) is 14.5 Å². The topological polar surface area (TPSA) is 80.0 Å². The molecule has 0 aliphatic carbocycles. The van der Waals surface area contributed by atoms with Gasteiger partial charge in [0.1, 0.15) is 11.3 Å². The molecule has 0 spiro atoms. The Hall–Kier alpha value is -4.32. The van der Waals surface area contributed by atoms with Crippen molar-refractivity contribution in [3.8, 4) is 5.75 Å². The van der Waals surface area contributed by atoms with E-state index in [0.717, 1.165) is 5.39 Å². The van der Waals surface area contributed by atoms with Crippen LogP contribution in [0.1, 0.15) is 22.2 Å². The van der Waals surface area contributed by atoms with Crippen molar-refractivity contribution in [2.24, 2.45) is 0 Å². The molecule has 6 heteroatoms. The zero-order valence-corrected chi connectivity index (χ0v) is 17.2. The third kappa shape index (κ3) is 3.13. The maximum absolute atomic E-state index is 13.5. The second-order valence-electron chi connectivity index (χ2n) is 7.43. The van der Waals surface area contributed by atoms with Crippen LogP contribution in [-0.4, -0.2) is 23.9 Å². The van der Waals surface area contributed by atoms with Crippen molar-refractivity contribution in [3.63, 3.8) is 0 Å². The second-order valence-corrected chi connectivity index (χ2v) is 7.43. The molecule has 1 atom stereocenters. The van der Waals surface area contributed by atoms with Crippen LogP contribution >= 0.6 is 0 Å². The molecule has 5 rings (SSSR count). The smallest absolute Gasteiger partial charge is 0.294 e. The maximum atomic E-state index is 13.5. The molecule has 1 aliphatic rings. The van der Waals surface area contributed by atoms with Gasteiger partial charge >= 0.3 is 0 Å². The van der Waals surface area contributed by atoms with Gasteiger partial charge in [0.25, 0.3) is 5.91 Å². The van der Waals surface area contributed by atoms with Crippen LogP contribution in [-0.2, 0) is 4.79 Å². The van der Waals surface area contributed by atoms with Crippen molar-refractivity contribution in [1.29, 1.82) is 0 Å². The van der Waals surface area contributed by atoms with Gasteiger partial charge in [0.05, 0.1) is 18.7 Å². The maximum Gasteiger partial charge on any atom is 0.294 e. The fourth-order valence-corrected chi connectivity index (χ4v) is 4.02. The van der Waals surface area contributed by atoms with E-state index in [0.29, 0.717) is 22.6 Å². The molecule has 0 saturated carbocycles. The summed E-state index contributed by atoms with van der Waals surface area (Å²) in [4.78, 5) is 28.1. The van der Waals surface area contributed by atoms with E-state index in [-0.39, 0.29) is 11.3 Å². The Morgan fingerprint density at radius 1 is 0.969 bits per heavy atom. The molecule has 3 aromatic carbocycles. The Morgan fingerprint density at radius 3 is 2.34 bits per heavy atom. The standard InChI is InChI=1S/C26H19NO5/c1-31-19-13-11-16(12-14-19)23-22(24(28)21-15-17-7-5-6-10-20(17)32-21)25(29)26(30)27(23)18-8-3-2-4-9-18/h2-15,23,29H,1H3. The lowest BCUT2D eigenvalue weighted by atomic mass is 9.94. The van der Waals surface area contributed by atoms with Crippen LogP contribution in [0.15, 0.2) is 101 Å². The number of Topliss-reactive ketones (excluding diaryl/α,β-unsaturated/α-hetero) is 1. The summed E-state index contributed by atoms with van der Waals surface area (Å²) in [6.07, 6.45) is 0. The molecule has 1 amide bonds. The highest BCUT2D eigenvalue weighted by molar-refractivity contribution is 6.20. The lowest BCUT2D eigenvalue weighted by Crippen LogP contribution is -2.31. The monoisotopic (exact) mass is 425 g/mol.